The number of nitrogens with one attached hydrogen (secondary N) is 1. The minimum atomic E-state index is -2.74. The van der Waals surface area contributed by atoms with Crippen LogP contribution >= 0.6 is 0 Å². The monoisotopic (exact) mass is 263 g/mol. The van der Waals surface area contributed by atoms with E-state index >= 15 is 0 Å². The highest BCUT2D eigenvalue weighted by molar-refractivity contribution is 7.91. The molecule has 0 radical (unpaired) electrons. The molecule has 1 fully saturated rings. The minimum Gasteiger partial charge on any atom is -0.361 e. The van der Waals surface area contributed by atoms with Gasteiger partial charge in [-0.1, -0.05) is 18.2 Å². The molecule has 1 aliphatic rings. The Bertz CT molecular complexity index is 657. The van der Waals surface area contributed by atoms with Gasteiger partial charge in [0.15, 0.2) is 9.84 Å². The molecule has 1 aliphatic heterocycles. The van der Waals surface area contributed by atoms with Crippen LogP contribution in [0.5, 0.6) is 0 Å². The first-order valence-electron chi connectivity index (χ1n) is 6.39. The highest BCUT2D eigenvalue weighted by atomic mass is 32.2. The molecule has 0 amide bonds. The van der Waals surface area contributed by atoms with Crippen LogP contribution in [-0.4, -0.2) is 24.9 Å². The molecule has 2 heterocycles. The second kappa shape index (κ2) is 4.43. The maximum Gasteiger partial charge on any atom is 0.150 e. The summed E-state index contributed by atoms with van der Waals surface area (Å²) >= 11 is 0. The van der Waals surface area contributed by atoms with Crippen molar-refractivity contribution in [3.63, 3.8) is 0 Å². The van der Waals surface area contributed by atoms with Gasteiger partial charge in [0, 0.05) is 11.7 Å². The van der Waals surface area contributed by atoms with Crippen LogP contribution in [0.3, 0.4) is 0 Å². The normalized spacial score (nSPS) is 22.6. The van der Waals surface area contributed by atoms with E-state index in [9.17, 15) is 8.42 Å². The van der Waals surface area contributed by atoms with E-state index in [1.54, 1.807) is 0 Å². The van der Waals surface area contributed by atoms with Gasteiger partial charge >= 0.3 is 0 Å². The third-order valence-corrected chi connectivity index (χ3v) is 5.66. The van der Waals surface area contributed by atoms with Crippen molar-refractivity contribution in [3.05, 3.63) is 36.0 Å². The molecule has 0 aliphatic carbocycles. The summed E-state index contributed by atoms with van der Waals surface area (Å²) in [5.74, 6) is 1.11. The molecule has 0 bridgehead atoms. The summed E-state index contributed by atoms with van der Waals surface area (Å²) in [6.45, 7) is 0. The van der Waals surface area contributed by atoms with E-state index in [-0.39, 0.29) is 0 Å². The molecule has 4 heteroatoms. The van der Waals surface area contributed by atoms with Crippen molar-refractivity contribution in [2.45, 2.75) is 19.3 Å². The van der Waals surface area contributed by atoms with Gasteiger partial charge in [-0.05, 0) is 42.2 Å². The van der Waals surface area contributed by atoms with E-state index in [4.69, 9.17) is 0 Å². The third kappa shape index (κ3) is 2.29. The summed E-state index contributed by atoms with van der Waals surface area (Å²) in [5, 5.41) is 1.23. The topological polar surface area (TPSA) is 49.9 Å². The predicted octanol–water partition coefficient (Wildman–Crippen LogP) is 2.54. The summed E-state index contributed by atoms with van der Waals surface area (Å²) in [7, 11) is -2.74. The minimum absolute atomic E-state index is 0.347. The Morgan fingerprint density at radius 3 is 2.94 bits per heavy atom. The van der Waals surface area contributed by atoms with Crippen LogP contribution in [0.25, 0.3) is 10.9 Å². The smallest absolute Gasteiger partial charge is 0.150 e. The van der Waals surface area contributed by atoms with Gasteiger partial charge in [-0.3, -0.25) is 0 Å². The maximum absolute atomic E-state index is 11.4. The second-order valence-corrected chi connectivity index (χ2v) is 7.40. The second-order valence-electron chi connectivity index (χ2n) is 5.17. The number of hydrogen-bond acceptors (Lipinski definition) is 2. The number of benzene rings is 1. The Morgan fingerprint density at radius 1 is 1.28 bits per heavy atom. The number of sulfone groups is 1. The van der Waals surface area contributed by atoms with E-state index in [0.717, 1.165) is 19.3 Å². The lowest BCUT2D eigenvalue weighted by molar-refractivity contribution is 0.543. The highest BCUT2D eigenvalue weighted by Crippen LogP contribution is 2.25. The number of hydrogen-bond donors (Lipinski definition) is 1. The maximum atomic E-state index is 11.4. The highest BCUT2D eigenvalue weighted by Gasteiger charge is 2.27. The van der Waals surface area contributed by atoms with Gasteiger partial charge in [0.2, 0.25) is 0 Å². The molecular weight excluding hydrogens is 246 g/mol. The molecule has 2 aromatic rings. The summed E-state index contributed by atoms with van der Waals surface area (Å²) in [6.07, 6.45) is 4.71. The molecule has 3 nitrogen and oxygen atoms in total. The van der Waals surface area contributed by atoms with Crippen LogP contribution in [0.1, 0.15) is 18.4 Å². The zero-order valence-electron chi connectivity index (χ0n) is 10.2. The van der Waals surface area contributed by atoms with Gasteiger partial charge in [0.1, 0.15) is 0 Å². The number of fused-ring (bicyclic) bond motifs is 1. The Kier molecular flexibility index (Phi) is 2.90. The molecule has 18 heavy (non-hydrogen) atoms. The van der Waals surface area contributed by atoms with Crippen molar-refractivity contribution in [1.29, 1.82) is 0 Å². The lowest BCUT2D eigenvalue weighted by atomic mass is 9.98. The third-order valence-electron chi connectivity index (χ3n) is 3.82. The Morgan fingerprint density at radius 2 is 2.17 bits per heavy atom. The fourth-order valence-corrected chi connectivity index (χ4v) is 4.73. The molecule has 3 rings (SSSR count). The van der Waals surface area contributed by atoms with E-state index in [1.807, 2.05) is 6.20 Å². The van der Waals surface area contributed by atoms with Crippen LogP contribution in [0.2, 0.25) is 0 Å². The lowest BCUT2D eigenvalue weighted by Crippen LogP contribution is -2.06. The van der Waals surface area contributed by atoms with E-state index in [2.05, 4.69) is 29.2 Å². The molecule has 1 atom stereocenters. The number of aromatic amines is 1. The van der Waals surface area contributed by atoms with Crippen molar-refractivity contribution in [2.24, 2.45) is 5.92 Å². The van der Waals surface area contributed by atoms with Crippen molar-refractivity contribution in [3.8, 4) is 0 Å². The molecule has 1 aromatic heterocycles. The molecule has 0 spiro atoms. The molecular formula is C14H17NO2S. The molecule has 0 saturated carbocycles. The lowest BCUT2D eigenvalue weighted by Gasteiger charge is -2.08. The van der Waals surface area contributed by atoms with Gasteiger partial charge < -0.3 is 4.98 Å². The van der Waals surface area contributed by atoms with Crippen LogP contribution in [0.4, 0.5) is 0 Å². The standard InChI is InChI=1S/C14H17NO2S/c16-18(17)9-7-11(10-18)4-5-12-2-1-3-13-6-8-15-14(12)13/h1-3,6,8,11,15H,4-5,7,9-10H2/t11-/m0/s1. The Balaban J connectivity index is 1.72. The number of H-pyrrole nitrogens is 1. The van der Waals surface area contributed by atoms with Gasteiger partial charge in [0.25, 0.3) is 0 Å². The largest absolute Gasteiger partial charge is 0.361 e. The molecule has 1 aromatic carbocycles. The number of rotatable bonds is 3. The van der Waals surface area contributed by atoms with Crippen molar-refractivity contribution < 1.29 is 8.42 Å². The number of aryl methyl sites for hydroxylation is 1. The van der Waals surface area contributed by atoms with Crippen LogP contribution in [-0.2, 0) is 16.3 Å². The van der Waals surface area contributed by atoms with Gasteiger partial charge in [0.05, 0.1) is 11.5 Å². The molecule has 0 unspecified atom stereocenters. The van der Waals surface area contributed by atoms with E-state index in [0.29, 0.717) is 17.4 Å². The molecule has 96 valence electrons. The first-order valence-corrected chi connectivity index (χ1v) is 8.22. The summed E-state index contributed by atoms with van der Waals surface area (Å²) < 4.78 is 22.8. The number of aromatic nitrogens is 1. The van der Waals surface area contributed by atoms with Gasteiger partial charge in [-0.2, -0.15) is 0 Å². The fourth-order valence-electron chi connectivity index (χ4n) is 2.82. The van der Waals surface area contributed by atoms with Crippen LogP contribution in [0, 0.1) is 5.92 Å². The SMILES string of the molecule is O=S1(=O)CC[C@H](CCc2cccc3cc[nH]c23)C1. The predicted molar refractivity (Wildman–Crippen MR) is 73.4 cm³/mol. The Labute approximate surface area is 107 Å². The fraction of sp³-hybridized carbons (Fsp3) is 0.429. The van der Waals surface area contributed by atoms with Gasteiger partial charge in [-0.15, -0.1) is 0 Å². The van der Waals surface area contributed by atoms with E-state index < -0.39 is 9.84 Å². The summed E-state index contributed by atoms with van der Waals surface area (Å²) in [4.78, 5) is 3.26. The van der Waals surface area contributed by atoms with Crippen LogP contribution in [0.15, 0.2) is 30.5 Å². The van der Waals surface area contributed by atoms with Crippen molar-refractivity contribution >= 4 is 20.7 Å². The zero-order valence-corrected chi connectivity index (χ0v) is 11.0. The molecule has 1 N–H and O–H groups in total. The van der Waals surface area contributed by atoms with Crippen LogP contribution < -0.4 is 0 Å². The quantitative estimate of drug-likeness (QED) is 0.925. The molecule has 1 saturated heterocycles. The van der Waals surface area contributed by atoms with Crippen molar-refractivity contribution in [2.75, 3.05) is 11.5 Å². The van der Waals surface area contributed by atoms with Crippen molar-refractivity contribution in [1.82, 2.24) is 4.98 Å². The first kappa shape index (κ1) is 11.8. The summed E-state index contributed by atoms with van der Waals surface area (Å²) in [6, 6.07) is 8.35. The zero-order chi connectivity index (χ0) is 12.6. The average Bonchev–Trinajstić information content (AvgIpc) is 2.92. The summed E-state index contributed by atoms with van der Waals surface area (Å²) in [5.41, 5.74) is 2.49. The van der Waals surface area contributed by atoms with Gasteiger partial charge in [-0.25, -0.2) is 8.42 Å². The average molecular weight is 263 g/mol. The Hall–Kier alpha value is -1.29. The van der Waals surface area contributed by atoms with E-state index in [1.165, 1.54) is 16.5 Å². The number of para-hydroxylation sites is 1. The first-order chi connectivity index (χ1) is 8.64.